The van der Waals surface area contributed by atoms with Gasteiger partial charge in [0.15, 0.2) is 5.65 Å². The lowest BCUT2D eigenvalue weighted by Crippen LogP contribution is -2.10. The van der Waals surface area contributed by atoms with Crippen LogP contribution in [0.2, 0.25) is 0 Å². The van der Waals surface area contributed by atoms with E-state index >= 15 is 0 Å². The molecule has 0 saturated carbocycles. The molecule has 4 rings (SSSR count). The number of hydrogen-bond donors (Lipinski definition) is 1. The van der Waals surface area contributed by atoms with Gasteiger partial charge in [-0.2, -0.15) is 0 Å². The minimum Gasteiger partial charge on any atom is -0.462 e. The number of aromatic nitrogens is 3. The van der Waals surface area contributed by atoms with E-state index < -0.39 is 5.97 Å². The summed E-state index contributed by atoms with van der Waals surface area (Å²) in [4.78, 5) is 22.6. The molecule has 2 aromatic heterocycles. The molecule has 32 heavy (non-hydrogen) atoms. The second-order valence-electron chi connectivity index (χ2n) is 8.42. The van der Waals surface area contributed by atoms with Gasteiger partial charge >= 0.3 is 5.97 Å². The van der Waals surface area contributed by atoms with E-state index in [2.05, 4.69) is 32.9 Å². The molecule has 0 saturated heterocycles. The topological polar surface area (TPSA) is 83.0 Å². The number of carbonyl (C=O) groups is 1. The molecule has 166 valence electrons. The second kappa shape index (κ2) is 9.39. The average Bonchev–Trinajstić information content (AvgIpc) is 3.08. The highest BCUT2D eigenvalue weighted by atomic mass is 16.5. The Morgan fingerprint density at radius 1 is 1.00 bits per heavy atom. The third kappa shape index (κ3) is 4.17. The second-order valence-corrected chi connectivity index (χ2v) is 8.42. The van der Waals surface area contributed by atoms with E-state index in [0.29, 0.717) is 35.0 Å². The number of para-hydroxylation sites is 2. The minimum atomic E-state index is -0.453. The van der Waals surface area contributed by atoms with Gasteiger partial charge in [-0.05, 0) is 42.2 Å². The van der Waals surface area contributed by atoms with Gasteiger partial charge in [0.2, 0.25) is 0 Å². The fourth-order valence-corrected chi connectivity index (χ4v) is 3.90. The fraction of sp³-hybridized carbons (Fsp3) is 0.346. The van der Waals surface area contributed by atoms with Gasteiger partial charge in [-0.1, -0.05) is 64.3 Å². The molecule has 0 aliphatic carbocycles. The van der Waals surface area contributed by atoms with Crippen LogP contribution in [-0.2, 0) is 4.74 Å². The highest BCUT2D eigenvalue weighted by Gasteiger charge is 2.26. The van der Waals surface area contributed by atoms with E-state index in [4.69, 9.17) is 20.4 Å². The van der Waals surface area contributed by atoms with Crippen LogP contribution in [0.4, 0.5) is 5.82 Å². The zero-order chi connectivity index (χ0) is 22.7. The number of hydrogen-bond acceptors (Lipinski definition) is 5. The predicted octanol–water partition coefficient (Wildman–Crippen LogP) is 6.02. The Labute approximate surface area is 188 Å². The van der Waals surface area contributed by atoms with Gasteiger partial charge in [-0.25, -0.2) is 14.8 Å². The number of esters is 1. The molecule has 0 amide bonds. The number of nitrogens with two attached hydrogens (primary N) is 1. The molecular weight excluding hydrogens is 400 g/mol. The van der Waals surface area contributed by atoms with Gasteiger partial charge in [0, 0.05) is 5.69 Å². The molecule has 0 aliphatic heterocycles. The first-order valence-electron chi connectivity index (χ1n) is 11.4. The van der Waals surface area contributed by atoms with Crippen LogP contribution in [0.3, 0.4) is 0 Å². The quantitative estimate of drug-likeness (QED) is 0.273. The molecule has 4 aromatic rings. The SMILES string of the molecule is CCCCCCOC(=O)c1c(N)n(-c2ccc(C(C)C)cc2)c2nc3ccccc3nc12. The van der Waals surface area contributed by atoms with Gasteiger partial charge in [0.25, 0.3) is 0 Å². The number of carbonyl (C=O) groups excluding carboxylic acids is 1. The lowest BCUT2D eigenvalue weighted by molar-refractivity contribution is 0.0501. The molecule has 2 heterocycles. The van der Waals surface area contributed by atoms with E-state index in [0.717, 1.165) is 36.9 Å². The van der Waals surface area contributed by atoms with Crippen molar-refractivity contribution in [2.75, 3.05) is 12.3 Å². The molecular formula is C26H30N4O2. The van der Waals surface area contributed by atoms with E-state index in [1.54, 1.807) is 4.57 Å². The summed E-state index contributed by atoms with van der Waals surface area (Å²) >= 11 is 0. The summed E-state index contributed by atoms with van der Waals surface area (Å²) in [6, 6.07) is 15.8. The first-order valence-corrected chi connectivity index (χ1v) is 11.4. The van der Waals surface area contributed by atoms with Crippen molar-refractivity contribution in [3.8, 4) is 5.69 Å². The van der Waals surface area contributed by atoms with Crippen molar-refractivity contribution in [2.24, 2.45) is 0 Å². The van der Waals surface area contributed by atoms with Crippen molar-refractivity contribution < 1.29 is 9.53 Å². The molecule has 0 fully saturated rings. The van der Waals surface area contributed by atoms with Crippen molar-refractivity contribution in [1.82, 2.24) is 14.5 Å². The number of rotatable bonds is 8. The van der Waals surface area contributed by atoms with Gasteiger partial charge in [0.05, 0.1) is 17.6 Å². The van der Waals surface area contributed by atoms with Crippen molar-refractivity contribution >= 4 is 34.0 Å². The monoisotopic (exact) mass is 430 g/mol. The molecule has 6 heteroatoms. The van der Waals surface area contributed by atoms with E-state index in [-0.39, 0.29) is 5.56 Å². The molecule has 2 aromatic carbocycles. The molecule has 0 atom stereocenters. The minimum absolute atomic E-state index is 0.279. The number of fused-ring (bicyclic) bond motifs is 2. The summed E-state index contributed by atoms with van der Waals surface area (Å²) in [5.74, 6) is 0.266. The summed E-state index contributed by atoms with van der Waals surface area (Å²) in [7, 11) is 0. The maximum Gasteiger partial charge on any atom is 0.344 e. The van der Waals surface area contributed by atoms with Crippen molar-refractivity contribution in [3.05, 3.63) is 59.7 Å². The maximum absolute atomic E-state index is 13.1. The van der Waals surface area contributed by atoms with E-state index in [1.165, 1.54) is 5.56 Å². The van der Waals surface area contributed by atoms with Gasteiger partial charge in [-0.3, -0.25) is 4.57 Å². The molecule has 0 bridgehead atoms. The Kier molecular flexibility index (Phi) is 6.40. The molecule has 0 radical (unpaired) electrons. The number of nitrogen functional groups attached to an aromatic ring is 1. The fourth-order valence-electron chi connectivity index (χ4n) is 3.90. The number of nitrogens with zero attached hydrogens (tertiary/aromatic N) is 3. The van der Waals surface area contributed by atoms with Crippen LogP contribution in [0.25, 0.3) is 27.9 Å². The Hall–Kier alpha value is -3.41. The summed E-state index contributed by atoms with van der Waals surface area (Å²) in [6.45, 7) is 6.83. The standard InChI is InChI=1S/C26H30N4O2/c1-4-5-6-9-16-32-26(31)22-23-25(29-21-11-8-7-10-20(21)28-23)30(24(22)27)19-14-12-18(13-15-19)17(2)3/h7-8,10-15,17H,4-6,9,16,27H2,1-3H3. The van der Waals surface area contributed by atoms with Crippen LogP contribution < -0.4 is 5.73 Å². The van der Waals surface area contributed by atoms with Gasteiger partial charge in [-0.15, -0.1) is 0 Å². The van der Waals surface area contributed by atoms with Crippen molar-refractivity contribution in [2.45, 2.75) is 52.4 Å². The number of unbranched alkanes of at least 4 members (excludes halogenated alkanes) is 3. The highest BCUT2D eigenvalue weighted by molar-refractivity contribution is 6.09. The molecule has 0 aliphatic rings. The molecule has 2 N–H and O–H groups in total. The third-order valence-electron chi connectivity index (χ3n) is 5.75. The Morgan fingerprint density at radius 2 is 1.69 bits per heavy atom. The first-order chi connectivity index (χ1) is 15.5. The van der Waals surface area contributed by atoms with Crippen LogP contribution in [0, 0.1) is 0 Å². The number of benzene rings is 2. The van der Waals surface area contributed by atoms with Gasteiger partial charge in [0.1, 0.15) is 16.9 Å². The zero-order valence-electron chi connectivity index (χ0n) is 19.0. The summed E-state index contributed by atoms with van der Waals surface area (Å²) in [5, 5.41) is 0. The van der Waals surface area contributed by atoms with Crippen LogP contribution in [0.5, 0.6) is 0 Å². The normalized spacial score (nSPS) is 11.5. The molecule has 0 spiro atoms. The molecule has 0 unspecified atom stereocenters. The smallest absolute Gasteiger partial charge is 0.344 e. The third-order valence-corrected chi connectivity index (χ3v) is 5.75. The highest BCUT2D eigenvalue weighted by Crippen LogP contribution is 2.32. The summed E-state index contributed by atoms with van der Waals surface area (Å²) in [6.07, 6.45) is 4.13. The zero-order valence-corrected chi connectivity index (χ0v) is 19.0. The van der Waals surface area contributed by atoms with E-state index in [1.807, 2.05) is 36.4 Å². The summed E-state index contributed by atoms with van der Waals surface area (Å²) in [5.41, 5.74) is 11.4. The predicted molar refractivity (Wildman–Crippen MR) is 129 cm³/mol. The first kappa shape index (κ1) is 21.8. The van der Waals surface area contributed by atoms with Crippen LogP contribution >= 0.6 is 0 Å². The Bertz CT molecular complexity index is 1240. The molecule has 6 nitrogen and oxygen atoms in total. The van der Waals surface area contributed by atoms with Crippen molar-refractivity contribution in [1.29, 1.82) is 0 Å². The van der Waals surface area contributed by atoms with Crippen LogP contribution in [0.1, 0.15) is 68.3 Å². The van der Waals surface area contributed by atoms with Gasteiger partial charge < -0.3 is 10.5 Å². The largest absolute Gasteiger partial charge is 0.462 e. The summed E-state index contributed by atoms with van der Waals surface area (Å²) < 4.78 is 7.37. The van der Waals surface area contributed by atoms with Crippen LogP contribution in [-0.4, -0.2) is 27.1 Å². The van der Waals surface area contributed by atoms with Crippen molar-refractivity contribution in [3.63, 3.8) is 0 Å². The Balaban J connectivity index is 1.81. The van der Waals surface area contributed by atoms with E-state index in [9.17, 15) is 4.79 Å². The van der Waals surface area contributed by atoms with Crippen LogP contribution in [0.15, 0.2) is 48.5 Å². The lowest BCUT2D eigenvalue weighted by atomic mass is 10.0. The Morgan fingerprint density at radius 3 is 2.34 bits per heavy atom. The average molecular weight is 431 g/mol. The number of ether oxygens (including phenoxy) is 1. The number of anilines is 1. The lowest BCUT2D eigenvalue weighted by Gasteiger charge is -2.10. The maximum atomic E-state index is 13.1.